The van der Waals surface area contributed by atoms with Crippen molar-refractivity contribution in [2.75, 3.05) is 56.5 Å². The summed E-state index contributed by atoms with van der Waals surface area (Å²) in [5.74, 6) is -0.841. The van der Waals surface area contributed by atoms with E-state index in [1.165, 1.54) is 13.0 Å². The van der Waals surface area contributed by atoms with Crippen LogP contribution in [0.1, 0.15) is 63.6 Å². The van der Waals surface area contributed by atoms with Gasteiger partial charge >= 0.3 is 12.2 Å². The maximum Gasteiger partial charge on any atom is 0.418 e. The number of rotatable bonds is 6. The van der Waals surface area contributed by atoms with Crippen LogP contribution in [-0.2, 0) is 6.18 Å². The molecule has 5 heterocycles. The summed E-state index contributed by atoms with van der Waals surface area (Å²) < 4.78 is 93.2. The average molecular weight is 678 g/mol. The van der Waals surface area contributed by atoms with Crippen LogP contribution in [0.25, 0.3) is 27.7 Å². The zero-order chi connectivity index (χ0) is 35.0. The molecule has 0 amide bonds. The average Bonchev–Trinajstić information content (AvgIpc) is 3.62. The van der Waals surface area contributed by atoms with Gasteiger partial charge in [-0.3, -0.25) is 4.90 Å². The monoisotopic (exact) mass is 677 g/mol. The second-order valence-corrected chi connectivity index (χ2v) is 12.2. The fourth-order valence-electron chi connectivity index (χ4n) is 6.97. The Balaban J connectivity index is 0.00000221. The number of alkyl halides is 3. The van der Waals surface area contributed by atoms with Crippen molar-refractivity contribution in [3.05, 3.63) is 52.4 Å². The minimum Gasteiger partial charge on any atom is -0.461 e. The summed E-state index contributed by atoms with van der Waals surface area (Å²) in [4.78, 5) is 17.1. The Morgan fingerprint density at radius 1 is 1.10 bits per heavy atom. The molecule has 8 nitrogen and oxygen atoms in total. The predicted octanol–water partition coefficient (Wildman–Crippen LogP) is 7.37. The van der Waals surface area contributed by atoms with Crippen molar-refractivity contribution < 1.29 is 31.1 Å². The maximum absolute atomic E-state index is 16.8. The molecule has 3 saturated heterocycles. The van der Waals surface area contributed by atoms with Crippen LogP contribution in [0.3, 0.4) is 0 Å². The van der Waals surface area contributed by atoms with Crippen LogP contribution in [0.4, 0.5) is 38.0 Å². The number of benzene rings is 1. The number of aromatic nitrogens is 3. The Morgan fingerprint density at radius 2 is 1.81 bits per heavy atom. The van der Waals surface area contributed by atoms with Gasteiger partial charge in [0, 0.05) is 43.9 Å². The fourth-order valence-corrected chi connectivity index (χ4v) is 6.97. The second kappa shape index (κ2) is 13.9. The van der Waals surface area contributed by atoms with Gasteiger partial charge in [0.1, 0.15) is 23.8 Å². The summed E-state index contributed by atoms with van der Waals surface area (Å²) >= 11 is 0. The lowest BCUT2D eigenvalue weighted by molar-refractivity contribution is -0.137. The van der Waals surface area contributed by atoms with Crippen molar-refractivity contribution in [1.82, 2.24) is 25.2 Å². The molecule has 2 aromatic heterocycles. The third-order valence-corrected chi connectivity index (χ3v) is 9.32. The molecule has 3 aliphatic rings. The Bertz CT molecular complexity index is 1750. The highest BCUT2D eigenvalue weighted by Gasteiger charge is 2.48. The van der Waals surface area contributed by atoms with Crippen molar-refractivity contribution in [2.24, 2.45) is 0 Å². The first-order chi connectivity index (χ1) is 22.8. The Morgan fingerprint density at radius 3 is 2.46 bits per heavy atom. The van der Waals surface area contributed by atoms with Gasteiger partial charge in [0.15, 0.2) is 5.82 Å². The van der Waals surface area contributed by atoms with Crippen molar-refractivity contribution in [3.8, 4) is 17.3 Å². The van der Waals surface area contributed by atoms with Gasteiger partial charge in [0.2, 0.25) is 0 Å². The summed E-state index contributed by atoms with van der Waals surface area (Å²) in [5.41, 5.74) is 3.81. The van der Waals surface area contributed by atoms with E-state index in [-0.39, 0.29) is 48.1 Å². The number of halogens is 6. The van der Waals surface area contributed by atoms with Gasteiger partial charge in [0.05, 0.1) is 22.2 Å². The molecule has 1 aromatic carbocycles. The van der Waals surface area contributed by atoms with Crippen molar-refractivity contribution >= 4 is 28.1 Å². The summed E-state index contributed by atoms with van der Waals surface area (Å²) in [6.07, 6.45) is -3.18. The number of piperazine rings is 1. The van der Waals surface area contributed by atoms with Crippen LogP contribution in [0.5, 0.6) is 6.01 Å². The molecule has 1 atom stereocenters. The van der Waals surface area contributed by atoms with Crippen LogP contribution in [-0.4, -0.2) is 71.3 Å². The standard InChI is InChI=1S/C32H35F6N7O.C2H6/c1-4-17(2)20-13-21(26-24(32(36,37)38)18(3)12-22(39)41-26)25(33)27-23(20)29(44-10-7-40-8-11-44)43-30(42-27)46-16-31-6-5-9-45(31)15-19(14-31)28(34)35;1-2/h4,12-13,40H,5-11,14-16H2,1-3H3,(H2,39,41);1-2H3/b17-4-;. The Labute approximate surface area is 276 Å². The Hall–Kier alpha value is -3.91. The van der Waals surface area contributed by atoms with E-state index < -0.39 is 40.4 Å². The number of pyridine rings is 1. The molecule has 0 aliphatic carbocycles. The number of hydrogen-bond donors (Lipinski definition) is 2. The molecule has 0 saturated carbocycles. The first-order valence-corrected chi connectivity index (χ1v) is 16.2. The van der Waals surface area contributed by atoms with E-state index in [1.807, 2.05) is 23.6 Å². The molecule has 3 aliphatic heterocycles. The van der Waals surface area contributed by atoms with Gasteiger partial charge in [-0.15, -0.1) is 0 Å². The zero-order valence-electron chi connectivity index (χ0n) is 27.8. The molecule has 3 fully saturated rings. The van der Waals surface area contributed by atoms with Gasteiger partial charge in [-0.25, -0.2) is 9.37 Å². The molecule has 0 bridgehead atoms. The third kappa shape index (κ3) is 6.56. The number of fused-ring (bicyclic) bond motifs is 2. The molecule has 1 unspecified atom stereocenters. The van der Waals surface area contributed by atoms with E-state index in [1.54, 1.807) is 19.9 Å². The molecule has 0 radical (unpaired) electrons. The van der Waals surface area contributed by atoms with E-state index in [4.69, 9.17) is 15.5 Å². The van der Waals surface area contributed by atoms with E-state index in [9.17, 15) is 22.0 Å². The topological polar surface area (TPSA) is 92.4 Å². The van der Waals surface area contributed by atoms with Gasteiger partial charge in [-0.2, -0.15) is 31.9 Å². The van der Waals surface area contributed by atoms with E-state index in [2.05, 4.69) is 15.3 Å². The highest BCUT2D eigenvalue weighted by molar-refractivity contribution is 6.02. The normalized spacial score (nSPS) is 20.2. The summed E-state index contributed by atoms with van der Waals surface area (Å²) in [6.45, 7) is 11.9. The quantitative estimate of drug-likeness (QED) is 0.262. The van der Waals surface area contributed by atoms with Crippen LogP contribution in [0, 0.1) is 12.7 Å². The number of anilines is 2. The second-order valence-electron chi connectivity index (χ2n) is 12.2. The number of nitrogens with zero attached hydrogens (tertiary/aromatic N) is 5. The van der Waals surface area contributed by atoms with E-state index in [0.717, 1.165) is 12.5 Å². The molecule has 3 aromatic rings. The first-order valence-electron chi connectivity index (χ1n) is 16.2. The molecule has 6 rings (SSSR count). The lowest BCUT2D eigenvalue weighted by Gasteiger charge is -2.32. The van der Waals surface area contributed by atoms with Gasteiger partial charge in [0.25, 0.3) is 6.08 Å². The summed E-state index contributed by atoms with van der Waals surface area (Å²) in [7, 11) is 0. The SMILES string of the molecule is C/C=C(/C)c1cc(-c2nc(N)cc(C)c2C(F)(F)F)c(F)c2nc(OCC34CCCN3CC(=C(F)F)C4)nc(N3CCNCC3)c12.CC. The highest BCUT2D eigenvalue weighted by Crippen LogP contribution is 2.45. The number of allylic oxidation sites excluding steroid dienone is 2. The largest absolute Gasteiger partial charge is 0.461 e. The molecule has 0 spiro atoms. The molecule has 260 valence electrons. The van der Waals surface area contributed by atoms with E-state index in [0.29, 0.717) is 61.5 Å². The lowest BCUT2D eigenvalue weighted by Crippen LogP contribution is -2.44. The molecular formula is C34H41F6N7O. The number of nitrogen functional groups attached to an aromatic ring is 1. The maximum atomic E-state index is 16.8. The number of nitrogens with two attached hydrogens (primary N) is 1. The third-order valence-electron chi connectivity index (χ3n) is 9.32. The summed E-state index contributed by atoms with van der Waals surface area (Å²) in [5, 5.41) is 3.59. The van der Waals surface area contributed by atoms with Gasteiger partial charge < -0.3 is 20.7 Å². The van der Waals surface area contributed by atoms with Crippen LogP contribution in [0.15, 0.2) is 29.9 Å². The molecule has 48 heavy (non-hydrogen) atoms. The van der Waals surface area contributed by atoms with Crippen LogP contribution >= 0.6 is 0 Å². The number of hydrogen-bond acceptors (Lipinski definition) is 8. The number of nitrogens with one attached hydrogen (secondary N) is 1. The van der Waals surface area contributed by atoms with Crippen molar-refractivity contribution in [1.29, 1.82) is 0 Å². The van der Waals surface area contributed by atoms with Crippen LogP contribution in [0.2, 0.25) is 0 Å². The minimum absolute atomic E-state index is 0.00741. The molecular weight excluding hydrogens is 636 g/mol. The predicted molar refractivity (Wildman–Crippen MR) is 176 cm³/mol. The van der Waals surface area contributed by atoms with Gasteiger partial charge in [-0.05, 0) is 75.4 Å². The van der Waals surface area contributed by atoms with Crippen LogP contribution < -0.4 is 20.7 Å². The van der Waals surface area contributed by atoms with E-state index >= 15 is 4.39 Å². The number of aryl methyl sites for hydroxylation is 1. The molecule has 14 heteroatoms. The van der Waals surface area contributed by atoms with Gasteiger partial charge in [-0.1, -0.05) is 19.9 Å². The highest BCUT2D eigenvalue weighted by atomic mass is 19.4. The minimum atomic E-state index is -4.84. The number of ether oxygens (including phenoxy) is 1. The Kier molecular flexibility index (Phi) is 10.3. The molecule has 3 N–H and O–H groups in total. The van der Waals surface area contributed by atoms with Crippen molar-refractivity contribution in [2.45, 2.75) is 65.6 Å². The summed E-state index contributed by atoms with van der Waals surface area (Å²) in [6, 6.07) is 2.27. The zero-order valence-corrected chi connectivity index (χ0v) is 27.8. The first kappa shape index (κ1) is 35.4. The lowest BCUT2D eigenvalue weighted by atomic mass is 9.93. The smallest absolute Gasteiger partial charge is 0.418 e. The van der Waals surface area contributed by atoms with Crippen molar-refractivity contribution in [3.63, 3.8) is 0 Å². The fraction of sp³-hybridized carbons (Fsp3) is 0.500.